The van der Waals surface area contributed by atoms with Gasteiger partial charge in [-0.15, -0.1) is 0 Å². The fraction of sp³-hybridized carbons (Fsp3) is 0.519. The van der Waals surface area contributed by atoms with Gasteiger partial charge in [-0.3, -0.25) is 4.79 Å². The Kier molecular flexibility index (Phi) is 11.9. The van der Waals surface area contributed by atoms with Gasteiger partial charge in [-0.25, -0.2) is 9.97 Å². The molecule has 0 aliphatic heterocycles. The molecule has 0 saturated carbocycles. The fourth-order valence-electron chi connectivity index (χ4n) is 3.36. The molecule has 0 spiro atoms. The van der Waals surface area contributed by atoms with Crippen LogP contribution in [0.25, 0.3) is 11.4 Å². The number of hydrogen-bond donors (Lipinski definition) is 0. The maximum absolute atomic E-state index is 11.0. The lowest BCUT2D eigenvalue weighted by molar-refractivity contribution is -0.145. The Labute approximate surface area is 193 Å². The summed E-state index contributed by atoms with van der Waals surface area (Å²) in [6.07, 6.45) is 13.9. The third-order valence-corrected chi connectivity index (χ3v) is 5.04. The number of unbranched alkanes of at least 4 members (excludes halogenated alkanes) is 7. The molecule has 1 atom stereocenters. The molecule has 2 rings (SSSR count). The van der Waals surface area contributed by atoms with Gasteiger partial charge in [0.15, 0.2) is 11.6 Å². The van der Waals surface area contributed by atoms with E-state index in [4.69, 9.17) is 9.47 Å². The van der Waals surface area contributed by atoms with Gasteiger partial charge in [0.1, 0.15) is 6.10 Å². The van der Waals surface area contributed by atoms with Gasteiger partial charge in [-0.2, -0.15) is 0 Å². The number of carbonyl (C=O) groups is 1. The van der Waals surface area contributed by atoms with E-state index >= 15 is 0 Å². The van der Waals surface area contributed by atoms with Gasteiger partial charge in [-0.05, 0) is 25.5 Å². The van der Waals surface area contributed by atoms with Crippen molar-refractivity contribution in [2.24, 2.45) is 0 Å². The average Bonchev–Trinajstić information content (AvgIpc) is 2.78. The molecule has 0 bridgehead atoms. The van der Waals surface area contributed by atoms with Crippen molar-refractivity contribution in [1.82, 2.24) is 9.97 Å². The second kappa shape index (κ2) is 15.0. The van der Waals surface area contributed by atoms with Crippen LogP contribution >= 0.6 is 0 Å². The minimum absolute atomic E-state index is 0.235. The third kappa shape index (κ3) is 9.96. The molecule has 0 saturated heterocycles. The van der Waals surface area contributed by atoms with E-state index in [1.807, 2.05) is 31.2 Å². The molecule has 0 aliphatic carbocycles. The summed E-state index contributed by atoms with van der Waals surface area (Å²) in [5.74, 6) is 7.24. The topological polar surface area (TPSA) is 61.3 Å². The van der Waals surface area contributed by atoms with Crippen LogP contribution in [0.15, 0.2) is 36.7 Å². The van der Waals surface area contributed by atoms with Crippen LogP contribution in [0, 0.1) is 11.8 Å². The normalized spacial score (nSPS) is 11.3. The van der Waals surface area contributed by atoms with Crippen LogP contribution in [0.1, 0.15) is 84.1 Å². The minimum atomic E-state index is -0.294. The maximum Gasteiger partial charge on any atom is 0.302 e. The molecule has 0 amide bonds. The lowest BCUT2D eigenvalue weighted by Gasteiger charge is -2.08. The van der Waals surface area contributed by atoms with Crippen LogP contribution in [0.4, 0.5) is 0 Å². The molecular weight excluding hydrogens is 400 g/mol. The molecule has 172 valence electrons. The Balaban J connectivity index is 1.82. The Morgan fingerprint density at radius 2 is 1.66 bits per heavy atom. The predicted octanol–water partition coefficient (Wildman–Crippen LogP) is 6.36. The number of benzene rings is 1. The Morgan fingerprint density at radius 1 is 1.00 bits per heavy atom. The molecule has 1 heterocycles. The number of nitrogens with zero attached hydrogens (tertiary/aromatic N) is 2. The summed E-state index contributed by atoms with van der Waals surface area (Å²) in [4.78, 5) is 20.0. The van der Waals surface area contributed by atoms with Crippen molar-refractivity contribution in [2.75, 3.05) is 6.61 Å². The largest absolute Gasteiger partial charge is 0.490 e. The zero-order chi connectivity index (χ0) is 23.0. The van der Waals surface area contributed by atoms with Crippen molar-refractivity contribution in [2.45, 2.75) is 84.7 Å². The van der Waals surface area contributed by atoms with Crippen molar-refractivity contribution in [3.8, 4) is 29.0 Å². The molecule has 1 aromatic heterocycles. The van der Waals surface area contributed by atoms with Crippen molar-refractivity contribution < 1.29 is 14.3 Å². The van der Waals surface area contributed by atoms with Crippen LogP contribution in [0.3, 0.4) is 0 Å². The molecular formula is C27H36N2O3. The van der Waals surface area contributed by atoms with Crippen molar-refractivity contribution in [1.29, 1.82) is 0 Å². The zero-order valence-electron chi connectivity index (χ0n) is 19.7. The van der Waals surface area contributed by atoms with Gasteiger partial charge in [0.05, 0.1) is 19.0 Å². The summed E-state index contributed by atoms with van der Waals surface area (Å²) in [5.41, 5.74) is 1.71. The highest BCUT2D eigenvalue weighted by atomic mass is 16.5. The van der Waals surface area contributed by atoms with E-state index in [0.29, 0.717) is 24.6 Å². The van der Waals surface area contributed by atoms with Crippen LogP contribution in [-0.4, -0.2) is 28.6 Å². The predicted molar refractivity (Wildman–Crippen MR) is 128 cm³/mol. The molecule has 5 heteroatoms. The lowest BCUT2D eigenvalue weighted by atomic mass is 10.1. The van der Waals surface area contributed by atoms with Crippen molar-refractivity contribution in [3.63, 3.8) is 0 Å². The second-order valence-electron chi connectivity index (χ2n) is 8.04. The highest BCUT2D eigenvalue weighted by molar-refractivity contribution is 5.66. The maximum atomic E-state index is 11.0. The van der Waals surface area contributed by atoms with E-state index in [2.05, 4.69) is 28.7 Å². The Morgan fingerprint density at radius 3 is 2.34 bits per heavy atom. The third-order valence-electron chi connectivity index (χ3n) is 5.04. The summed E-state index contributed by atoms with van der Waals surface area (Å²) in [6.45, 7) is 6.18. The molecule has 32 heavy (non-hydrogen) atoms. The van der Waals surface area contributed by atoms with Crippen LogP contribution in [0.2, 0.25) is 0 Å². The molecule has 1 unspecified atom stereocenters. The SMILES string of the molecule is CCCCCCCCCCOc1cnc(-c2ccccc2C#CCC(C)OC(C)=O)nc1. The zero-order valence-corrected chi connectivity index (χ0v) is 19.7. The van der Waals surface area contributed by atoms with E-state index in [1.54, 1.807) is 12.4 Å². The summed E-state index contributed by atoms with van der Waals surface area (Å²) >= 11 is 0. The summed E-state index contributed by atoms with van der Waals surface area (Å²) in [6, 6.07) is 7.77. The van der Waals surface area contributed by atoms with E-state index in [9.17, 15) is 4.79 Å². The lowest BCUT2D eigenvalue weighted by Crippen LogP contribution is -2.10. The minimum Gasteiger partial charge on any atom is -0.490 e. The Bertz CT molecular complexity index is 868. The first-order valence-corrected chi connectivity index (χ1v) is 11.8. The highest BCUT2D eigenvalue weighted by Gasteiger charge is 2.07. The molecule has 5 nitrogen and oxygen atoms in total. The summed E-state index contributed by atoms with van der Waals surface area (Å²) in [5, 5.41) is 0. The number of aromatic nitrogens is 2. The molecule has 0 radical (unpaired) electrons. The summed E-state index contributed by atoms with van der Waals surface area (Å²) in [7, 11) is 0. The number of ether oxygens (including phenoxy) is 2. The standard InChI is InChI=1S/C27H36N2O3/c1-4-5-6-7-8-9-10-13-19-31-25-20-28-27(29-21-25)26-18-12-11-16-24(26)17-14-15-22(2)32-23(3)30/h11-12,16,18,20-22H,4-10,13,15,19H2,1-3H3. The van der Waals surface area contributed by atoms with Gasteiger partial charge in [0.2, 0.25) is 0 Å². The number of esters is 1. The second-order valence-corrected chi connectivity index (χ2v) is 8.04. The van der Waals surface area contributed by atoms with Gasteiger partial charge < -0.3 is 9.47 Å². The first-order valence-electron chi connectivity index (χ1n) is 11.8. The van der Waals surface area contributed by atoms with E-state index in [0.717, 1.165) is 17.5 Å². The first-order chi connectivity index (χ1) is 15.6. The fourth-order valence-corrected chi connectivity index (χ4v) is 3.36. The number of hydrogen-bond acceptors (Lipinski definition) is 5. The highest BCUT2D eigenvalue weighted by Crippen LogP contribution is 2.21. The van der Waals surface area contributed by atoms with Gasteiger partial charge in [0.25, 0.3) is 0 Å². The number of carbonyl (C=O) groups excluding carboxylic acids is 1. The average molecular weight is 437 g/mol. The van der Waals surface area contributed by atoms with Gasteiger partial charge in [0, 0.05) is 24.5 Å². The Hall–Kier alpha value is -2.87. The van der Waals surface area contributed by atoms with E-state index < -0.39 is 0 Å². The monoisotopic (exact) mass is 436 g/mol. The quantitative estimate of drug-likeness (QED) is 0.208. The molecule has 1 aromatic carbocycles. The van der Waals surface area contributed by atoms with Gasteiger partial charge in [-0.1, -0.05) is 75.8 Å². The number of rotatable bonds is 13. The van der Waals surface area contributed by atoms with Crippen molar-refractivity contribution >= 4 is 5.97 Å². The van der Waals surface area contributed by atoms with E-state index in [-0.39, 0.29) is 12.1 Å². The van der Waals surface area contributed by atoms with E-state index in [1.165, 1.54) is 51.9 Å². The van der Waals surface area contributed by atoms with Crippen LogP contribution in [-0.2, 0) is 9.53 Å². The molecule has 0 N–H and O–H groups in total. The van der Waals surface area contributed by atoms with Gasteiger partial charge >= 0.3 is 5.97 Å². The van der Waals surface area contributed by atoms with Crippen LogP contribution < -0.4 is 4.74 Å². The smallest absolute Gasteiger partial charge is 0.302 e. The molecule has 0 fully saturated rings. The first kappa shape index (κ1) is 25.4. The van der Waals surface area contributed by atoms with Crippen LogP contribution in [0.5, 0.6) is 5.75 Å². The molecule has 0 aliphatic rings. The molecule has 2 aromatic rings. The summed E-state index contributed by atoms with van der Waals surface area (Å²) < 4.78 is 10.9. The van der Waals surface area contributed by atoms with Crippen molar-refractivity contribution in [3.05, 3.63) is 42.2 Å².